The summed E-state index contributed by atoms with van der Waals surface area (Å²) in [6.45, 7) is 2.82. The summed E-state index contributed by atoms with van der Waals surface area (Å²) in [5.41, 5.74) is 1.33. The van der Waals surface area contributed by atoms with Gasteiger partial charge in [-0.1, -0.05) is 18.2 Å². The Kier molecular flexibility index (Phi) is 4.41. The van der Waals surface area contributed by atoms with Gasteiger partial charge in [0, 0.05) is 28.6 Å². The Morgan fingerprint density at radius 2 is 2.05 bits per heavy atom. The monoisotopic (exact) mass is 313 g/mol. The van der Waals surface area contributed by atoms with Gasteiger partial charge in [0.1, 0.15) is 0 Å². The Hall–Kier alpha value is -0.810. The molecule has 0 saturated heterocycles. The molecule has 2 saturated carbocycles. The third-order valence-corrected chi connectivity index (χ3v) is 5.58. The molecule has 3 rings (SSSR count). The van der Waals surface area contributed by atoms with Crippen molar-refractivity contribution >= 4 is 17.4 Å². The van der Waals surface area contributed by atoms with Crippen molar-refractivity contribution in [3.8, 4) is 0 Å². The second-order valence-corrected chi connectivity index (χ2v) is 6.93. The van der Waals surface area contributed by atoms with Gasteiger partial charge in [-0.25, -0.2) is 0 Å². The van der Waals surface area contributed by atoms with Crippen LogP contribution >= 0.6 is 11.8 Å². The smallest absolute Gasteiger partial charge is 0.288 e. The van der Waals surface area contributed by atoms with Crippen molar-refractivity contribution < 1.29 is 13.5 Å². The molecule has 116 valence electrons. The number of thioether (sulfide) groups is 1. The second kappa shape index (κ2) is 6.13. The van der Waals surface area contributed by atoms with Gasteiger partial charge >= 0.3 is 0 Å². The molecule has 2 aliphatic carbocycles. The number of hydrogen-bond acceptors (Lipinski definition) is 3. The molecule has 0 bridgehead atoms. The molecule has 1 N–H and O–H groups in total. The highest BCUT2D eigenvalue weighted by molar-refractivity contribution is 7.99. The number of benzene rings is 1. The Labute approximate surface area is 128 Å². The zero-order chi connectivity index (χ0) is 14.9. The number of nitrogens with one attached hydrogen (secondary N) is 1. The fourth-order valence-corrected chi connectivity index (χ4v) is 4.07. The molecule has 1 aromatic rings. The number of alkyl halides is 2. The van der Waals surface area contributed by atoms with Crippen molar-refractivity contribution in [2.24, 2.45) is 5.41 Å². The minimum absolute atomic E-state index is 0.312. The third-order valence-electron chi connectivity index (χ3n) is 4.86. The largest absolute Gasteiger partial charge is 0.382 e. The van der Waals surface area contributed by atoms with E-state index in [2.05, 4.69) is 5.32 Å². The molecule has 21 heavy (non-hydrogen) atoms. The molecule has 0 heterocycles. The first-order valence-electron chi connectivity index (χ1n) is 7.57. The molecule has 1 spiro atoms. The van der Waals surface area contributed by atoms with Crippen LogP contribution in [-0.4, -0.2) is 24.5 Å². The molecule has 0 aromatic heterocycles. The van der Waals surface area contributed by atoms with E-state index in [9.17, 15) is 8.78 Å². The average Bonchev–Trinajstić information content (AvgIpc) is 2.37. The van der Waals surface area contributed by atoms with Crippen molar-refractivity contribution in [2.45, 2.75) is 55.4 Å². The lowest BCUT2D eigenvalue weighted by molar-refractivity contribution is -0.157. The molecule has 0 amide bonds. The van der Waals surface area contributed by atoms with Crippen LogP contribution in [0, 0.1) is 5.41 Å². The van der Waals surface area contributed by atoms with E-state index < -0.39 is 5.76 Å². The Balaban J connectivity index is 1.60. The van der Waals surface area contributed by atoms with E-state index in [0.29, 0.717) is 34.2 Å². The normalized spacial score (nSPS) is 26.5. The molecular formula is C16H21F2NOS. The molecule has 0 radical (unpaired) electrons. The molecule has 2 fully saturated rings. The van der Waals surface area contributed by atoms with Crippen molar-refractivity contribution in [3.05, 3.63) is 24.3 Å². The quantitative estimate of drug-likeness (QED) is 0.765. The van der Waals surface area contributed by atoms with Crippen molar-refractivity contribution in [2.75, 3.05) is 11.9 Å². The van der Waals surface area contributed by atoms with Crippen LogP contribution in [0.15, 0.2) is 29.2 Å². The van der Waals surface area contributed by atoms with E-state index in [1.54, 1.807) is 12.1 Å². The zero-order valence-corrected chi connectivity index (χ0v) is 13.0. The van der Waals surface area contributed by atoms with Crippen LogP contribution in [0.2, 0.25) is 0 Å². The first-order valence-corrected chi connectivity index (χ1v) is 8.45. The number of anilines is 1. The molecule has 2 aliphatic rings. The molecule has 2 atom stereocenters. The van der Waals surface area contributed by atoms with Crippen LogP contribution in [-0.2, 0) is 4.74 Å². The summed E-state index contributed by atoms with van der Waals surface area (Å²) in [5.74, 6) is -2.36. The second-order valence-electron chi connectivity index (χ2n) is 5.87. The topological polar surface area (TPSA) is 21.3 Å². The van der Waals surface area contributed by atoms with E-state index in [0.717, 1.165) is 18.7 Å². The fourth-order valence-electron chi connectivity index (χ4n) is 3.57. The molecule has 1 aromatic carbocycles. The van der Waals surface area contributed by atoms with E-state index in [4.69, 9.17) is 4.74 Å². The number of ether oxygens (including phenoxy) is 1. The Morgan fingerprint density at radius 3 is 2.57 bits per heavy atom. The van der Waals surface area contributed by atoms with Gasteiger partial charge in [0.05, 0.1) is 6.10 Å². The summed E-state index contributed by atoms with van der Waals surface area (Å²) in [7, 11) is 0. The highest BCUT2D eigenvalue weighted by Gasteiger charge is 2.58. The minimum atomic E-state index is -2.36. The molecular weight excluding hydrogens is 292 g/mol. The van der Waals surface area contributed by atoms with Crippen molar-refractivity contribution in [3.63, 3.8) is 0 Å². The van der Waals surface area contributed by atoms with E-state index in [-0.39, 0.29) is 0 Å². The van der Waals surface area contributed by atoms with Crippen LogP contribution < -0.4 is 5.32 Å². The maximum atomic E-state index is 12.3. The first-order chi connectivity index (χ1) is 10.1. The first kappa shape index (κ1) is 15.1. The van der Waals surface area contributed by atoms with Crippen LogP contribution in [0.4, 0.5) is 14.5 Å². The minimum Gasteiger partial charge on any atom is -0.382 e. The van der Waals surface area contributed by atoms with Crippen molar-refractivity contribution in [1.29, 1.82) is 0 Å². The van der Waals surface area contributed by atoms with Gasteiger partial charge in [0.2, 0.25) is 0 Å². The van der Waals surface area contributed by atoms with Crippen LogP contribution in [0.5, 0.6) is 0 Å². The maximum absolute atomic E-state index is 12.3. The third kappa shape index (κ3) is 2.90. The summed E-state index contributed by atoms with van der Waals surface area (Å²) in [5, 5.41) is 3.56. The summed E-state index contributed by atoms with van der Waals surface area (Å²) in [6, 6.07) is 7.75. The van der Waals surface area contributed by atoms with Gasteiger partial charge in [-0.2, -0.15) is 8.78 Å². The predicted octanol–water partition coefficient (Wildman–Crippen LogP) is 4.76. The highest BCUT2D eigenvalue weighted by Crippen LogP contribution is 2.58. The summed E-state index contributed by atoms with van der Waals surface area (Å²) < 4.78 is 30.4. The van der Waals surface area contributed by atoms with E-state index in [1.807, 2.05) is 19.1 Å². The SMILES string of the molecule is CCOC1CC(Nc2ccc(SC(F)F)cc2)C12CCC2. The summed E-state index contributed by atoms with van der Waals surface area (Å²) in [4.78, 5) is 0.606. The lowest BCUT2D eigenvalue weighted by Gasteiger charge is -2.61. The summed E-state index contributed by atoms with van der Waals surface area (Å²) in [6.07, 6.45) is 5.18. The number of hydrogen-bond donors (Lipinski definition) is 1. The highest BCUT2D eigenvalue weighted by atomic mass is 32.2. The van der Waals surface area contributed by atoms with Gasteiger partial charge in [-0.15, -0.1) is 0 Å². The molecule has 2 nitrogen and oxygen atoms in total. The predicted molar refractivity (Wildman–Crippen MR) is 82.0 cm³/mol. The lowest BCUT2D eigenvalue weighted by atomic mass is 9.51. The van der Waals surface area contributed by atoms with E-state index >= 15 is 0 Å². The Morgan fingerprint density at radius 1 is 1.33 bits per heavy atom. The van der Waals surface area contributed by atoms with Crippen LogP contribution in [0.3, 0.4) is 0 Å². The van der Waals surface area contributed by atoms with Crippen molar-refractivity contribution in [1.82, 2.24) is 0 Å². The van der Waals surface area contributed by atoms with E-state index in [1.165, 1.54) is 19.3 Å². The standard InChI is InChI=1S/C16H21F2NOS/c1-2-20-14-10-13(16(14)8-3-9-16)19-11-4-6-12(7-5-11)21-15(17)18/h4-7,13-15,19H,2-3,8-10H2,1H3. The molecule has 5 heteroatoms. The summed E-state index contributed by atoms with van der Waals surface area (Å²) >= 11 is 0.587. The number of halogens is 2. The molecule has 2 unspecified atom stereocenters. The van der Waals surface area contributed by atoms with Gasteiger partial charge in [0.25, 0.3) is 5.76 Å². The van der Waals surface area contributed by atoms with Gasteiger partial charge in [0.15, 0.2) is 0 Å². The van der Waals surface area contributed by atoms with Gasteiger partial charge in [-0.05, 0) is 50.5 Å². The number of rotatable bonds is 6. The van der Waals surface area contributed by atoms with Crippen LogP contribution in [0.25, 0.3) is 0 Å². The fraction of sp³-hybridized carbons (Fsp3) is 0.625. The van der Waals surface area contributed by atoms with Gasteiger partial charge < -0.3 is 10.1 Å². The average molecular weight is 313 g/mol. The zero-order valence-electron chi connectivity index (χ0n) is 12.1. The van der Waals surface area contributed by atoms with Gasteiger partial charge in [-0.3, -0.25) is 0 Å². The maximum Gasteiger partial charge on any atom is 0.288 e. The van der Waals surface area contributed by atoms with Crippen LogP contribution in [0.1, 0.15) is 32.6 Å². The molecule has 0 aliphatic heterocycles. The lowest BCUT2D eigenvalue weighted by Crippen LogP contribution is -2.64. The Bertz CT molecular complexity index is 476.